The van der Waals surface area contributed by atoms with Gasteiger partial charge < -0.3 is 19.6 Å². The van der Waals surface area contributed by atoms with Gasteiger partial charge in [-0.1, -0.05) is 54.6 Å². The molecule has 168 valence electrons. The molecule has 0 radical (unpaired) electrons. The van der Waals surface area contributed by atoms with Gasteiger partial charge in [0.2, 0.25) is 0 Å². The van der Waals surface area contributed by atoms with E-state index < -0.39 is 12.0 Å². The van der Waals surface area contributed by atoms with Crippen LogP contribution in [0, 0.1) is 0 Å². The highest BCUT2D eigenvalue weighted by Crippen LogP contribution is 2.38. The van der Waals surface area contributed by atoms with Gasteiger partial charge in [0.15, 0.2) is 11.5 Å². The maximum atomic E-state index is 11.9. The number of hydrogen-bond donors (Lipinski definition) is 3. The van der Waals surface area contributed by atoms with E-state index in [1.54, 1.807) is 7.11 Å². The lowest BCUT2D eigenvalue weighted by molar-refractivity contribution is -0.139. The lowest BCUT2D eigenvalue weighted by Crippen LogP contribution is -2.44. The Morgan fingerprint density at radius 3 is 2.61 bits per heavy atom. The van der Waals surface area contributed by atoms with E-state index in [9.17, 15) is 9.90 Å². The summed E-state index contributed by atoms with van der Waals surface area (Å²) in [4.78, 5) is 15.4. The van der Waals surface area contributed by atoms with Crippen molar-refractivity contribution >= 4 is 16.9 Å². The Labute approximate surface area is 192 Å². The highest BCUT2D eigenvalue weighted by atomic mass is 16.5. The first-order chi connectivity index (χ1) is 16.1. The van der Waals surface area contributed by atoms with Gasteiger partial charge in [-0.25, -0.2) is 0 Å². The molecule has 6 heteroatoms. The second-order valence-electron chi connectivity index (χ2n) is 8.25. The normalized spacial score (nSPS) is 17.5. The van der Waals surface area contributed by atoms with Gasteiger partial charge in [0.1, 0.15) is 6.04 Å². The third-order valence-electron chi connectivity index (χ3n) is 6.22. The number of fused-ring (bicyclic) bond motifs is 3. The average molecular weight is 443 g/mol. The van der Waals surface area contributed by atoms with Gasteiger partial charge in [0.25, 0.3) is 0 Å². The van der Waals surface area contributed by atoms with E-state index in [-0.39, 0.29) is 6.04 Å². The van der Waals surface area contributed by atoms with Crippen LogP contribution in [0.3, 0.4) is 0 Å². The van der Waals surface area contributed by atoms with Crippen molar-refractivity contribution in [2.75, 3.05) is 13.7 Å². The van der Waals surface area contributed by atoms with Gasteiger partial charge in [0.05, 0.1) is 19.8 Å². The molecule has 0 fully saturated rings. The van der Waals surface area contributed by atoms with Crippen molar-refractivity contribution in [3.05, 3.63) is 95.2 Å². The molecular formula is C27H26N2O4. The number of ether oxygens (including phenoxy) is 2. The number of aromatic nitrogens is 1. The molecular weight excluding hydrogens is 416 g/mol. The number of carbonyl (C=O) groups is 1. The van der Waals surface area contributed by atoms with Crippen LogP contribution in [0.5, 0.6) is 11.5 Å². The van der Waals surface area contributed by atoms with Crippen LogP contribution in [0.25, 0.3) is 10.9 Å². The first kappa shape index (κ1) is 21.1. The van der Waals surface area contributed by atoms with Crippen molar-refractivity contribution in [2.24, 2.45) is 0 Å². The zero-order chi connectivity index (χ0) is 22.8. The van der Waals surface area contributed by atoms with Crippen molar-refractivity contribution in [2.45, 2.75) is 24.9 Å². The summed E-state index contributed by atoms with van der Waals surface area (Å²) in [6, 6.07) is 23.0. The summed E-state index contributed by atoms with van der Waals surface area (Å²) < 4.78 is 11.6. The molecule has 3 N–H and O–H groups in total. The van der Waals surface area contributed by atoms with Crippen LogP contribution in [0.4, 0.5) is 0 Å². The predicted molar refractivity (Wildman–Crippen MR) is 127 cm³/mol. The molecule has 4 aromatic rings. The molecule has 0 saturated carbocycles. The monoisotopic (exact) mass is 442 g/mol. The van der Waals surface area contributed by atoms with E-state index in [0.717, 1.165) is 34.1 Å². The molecule has 0 bridgehead atoms. The van der Waals surface area contributed by atoms with Gasteiger partial charge >= 0.3 is 5.97 Å². The fourth-order valence-electron chi connectivity index (χ4n) is 4.56. The summed E-state index contributed by atoms with van der Waals surface area (Å²) in [5.74, 6) is 0.431. The maximum Gasteiger partial charge on any atom is 0.321 e. The molecule has 0 spiro atoms. The van der Waals surface area contributed by atoms with Crippen molar-refractivity contribution in [3.63, 3.8) is 0 Å². The summed E-state index contributed by atoms with van der Waals surface area (Å²) in [6.45, 7) is 0.536. The standard InChI is InChI=1S/C27H26N2O4/c1-32-24-15-18(11-12-23(24)33-14-13-17-7-3-2-4-8-17)25-26-20(16-22(29-25)27(30)31)19-9-5-6-10-21(19)28-26/h2-12,15,22,25,28-29H,13-14,16H2,1H3,(H,30,31). The second kappa shape index (κ2) is 9.00. The van der Waals surface area contributed by atoms with Gasteiger partial charge in [-0.15, -0.1) is 0 Å². The smallest absolute Gasteiger partial charge is 0.321 e. The van der Waals surface area contributed by atoms with E-state index in [1.165, 1.54) is 5.56 Å². The number of H-pyrrole nitrogens is 1. The molecule has 2 unspecified atom stereocenters. The van der Waals surface area contributed by atoms with Gasteiger partial charge in [-0.05, 0) is 34.9 Å². The number of carboxylic acids is 1. The van der Waals surface area contributed by atoms with Crippen molar-refractivity contribution in [1.29, 1.82) is 0 Å². The molecule has 33 heavy (non-hydrogen) atoms. The molecule has 2 atom stereocenters. The minimum Gasteiger partial charge on any atom is -0.493 e. The van der Waals surface area contributed by atoms with Crippen LogP contribution in [-0.4, -0.2) is 35.8 Å². The molecule has 0 amide bonds. The zero-order valence-corrected chi connectivity index (χ0v) is 18.4. The van der Waals surface area contributed by atoms with Gasteiger partial charge in [0, 0.05) is 29.4 Å². The molecule has 1 aliphatic heterocycles. The molecule has 0 aliphatic carbocycles. The first-order valence-electron chi connectivity index (χ1n) is 11.1. The Balaban J connectivity index is 1.44. The minimum atomic E-state index is -0.858. The third kappa shape index (κ3) is 4.17. The number of benzene rings is 3. The fourth-order valence-corrected chi connectivity index (χ4v) is 4.56. The summed E-state index contributed by atoms with van der Waals surface area (Å²) >= 11 is 0. The topological polar surface area (TPSA) is 83.6 Å². The highest BCUT2D eigenvalue weighted by molar-refractivity contribution is 5.87. The van der Waals surface area contributed by atoms with Crippen LogP contribution in [-0.2, 0) is 17.6 Å². The van der Waals surface area contributed by atoms with E-state index in [4.69, 9.17) is 9.47 Å². The number of aromatic amines is 1. The number of hydrogen-bond acceptors (Lipinski definition) is 4. The predicted octanol–water partition coefficient (Wildman–Crippen LogP) is 4.49. The summed E-state index contributed by atoms with van der Waals surface area (Å²) in [5.41, 5.74) is 5.18. The Bertz CT molecular complexity index is 1280. The number of rotatable bonds is 7. The molecule has 3 aromatic carbocycles. The lowest BCUT2D eigenvalue weighted by Gasteiger charge is -2.30. The van der Waals surface area contributed by atoms with E-state index >= 15 is 0 Å². The van der Waals surface area contributed by atoms with Crippen LogP contribution in [0.1, 0.15) is 28.4 Å². The zero-order valence-electron chi connectivity index (χ0n) is 18.4. The number of aliphatic carboxylic acids is 1. The Morgan fingerprint density at radius 1 is 1.03 bits per heavy atom. The number of nitrogens with one attached hydrogen (secondary N) is 2. The summed E-state index contributed by atoms with van der Waals surface area (Å²) in [6.07, 6.45) is 1.23. The van der Waals surface area contributed by atoms with Crippen molar-refractivity contribution in [3.8, 4) is 11.5 Å². The van der Waals surface area contributed by atoms with Crippen molar-refractivity contribution < 1.29 is 19.4 Å². The minimum absolute atomic E-state index is 0.297. The molecule has 0 saturated heterocycles. The van der Waals surface area contributed by atoms with Crippen LogP contribution < -0.4 is 14.8 Å². The SMILES string of the molecule is COc1cc(C2NC(C(=O)O)Cc3c2[nH]c2ccccc32)ccc1OCCc1ccccc1. The average Bonchev–Trinajstić information content (AvgIpc) is 3.23. The largest absolute Gasteiger partial charge is 0.493 e. The molecule has 6 nitrogen and oxygen atoms in total. The lowest BCUT2D eigenvalue weighted by atomic mass is 9.90. The second-order valence-corrected chi connectivity index (χ2v) is 8.25. The Kier molecular flexibility index (Phi) is 5.75. The van der Waals surface area contributed by atoms with Crippen LogP contribution >= 0.6 is 0 Å². The maximum absolute atomic E-state index is 11.9. The van der Waals surface area contributed by atoms with Crippen LogP contribution in [0.15, 0.2) is 72.8 Å². The Morgan fingerprint density at radius 2 is 1.82 bits per heavy atom. The number of carboxylic acid groups (broad SMARTS) is 1. The summed E-state index contributed by atoms with van der Waals surface area (Å²) in [7, 11) is 1.62. The first-order valence-corrected chi connectivity index (χ1v) is 11.1. The molecule has 2 heterocycles. The van der Waals surface area contributed by atoms with Gasteiger partial charge in [-0.2, -0.15) is 0 Å². The number of methoxy groups -OCH3 is 1. The molecule has 5 rings (SSSR count). The fraction of sp³-hybridized carbons (Fsp3) is 0.222. The Hall–Kier alpha value is -3.77. The van der Waals surface area contributed by atoms with Crippen molar-refractivity contribution in [1.82, 2.24) is 10.3 Å². The van der Waals surface area contributed by atoms with E-state index in [2.05, 4.69) is 22.4 Å². The summed E-state index contributed by atoms with van der Waals surface area (Å²) in [5, 5.41) is 14.1. The van der Waals surface area contributed by atoms with Crippen LogP contribution in [0.2, 0.25) is 0 Å². The third-order valence-corrected chi connectivity index (χ3v) is 6.22. The molecule has 1 aliphatic rings. The quantitative estimate of drug-likeness (QED) is 0.393. The highest BCUT2D eigenvalue weighted by Gasteiger charge is 2.34. The molecule has 1 aromatic heterocycles. The van der Waals surface area contributed by atoms with Gasteiger partial charge in [-0.3, -0.25) is 10.1 Å². The number of para-hydroxylation sites is 1. The van der Waals surface area contributed by atoms with E-state index in [1.807, 2.05) is 60.7 Å². The van der Waals surface area contributed by atoms with E-state index in [0.29, 0.717) is 24.5 Å².